The Morgan fingerprint density at radius 2 is 1.23 bits per heavy atom. The van der Waals surface area contributed by atoms with Crippen LogP contribution in [0.3, 0.4) is 0 Å². The van der Waals surface area contributed by atoms with Crippen LogP contribution >= 0.6 is 0 Å². The second-order valence-electron chi connectivity index (χ2n) is 12.1. The molecule has 0 bridgehead atoms. The van der Waals surface area contributed by atoms with Crippen LogP contribution in [0.1, 0.15) is 81.0 Å². The Labute approximate surface area is 274 Å². The maximum absolute atomic E-state index is 14.1. The van der Waals surface area contributed by atoms with Crippen LogP contribution in [-0.2, 0) is 27.4 Å². The summed E-state index contributed by atoms with van der Waals surface area (Å²) >= 11 is 0. The van der Waals surface area contributed by atoms with Crippen molar-refractivity contribution in [3.8, 4) is 5.75 Å². The SMILES string of the molecule is CCc1ccc(C(=O)N(C(=O)C(=O)Oc2ccc(C(=O)OCc3ccccc3)cc2)N(C(=O)c2cc(C)cc(C)c2)C(C)(C)C)cc1. The van der Waals surface area contributed by atoms with Crippen LogP contribution in [0.15, 0.2) is 97.1 Å². The van der Waals surface area contributed by atoms with Crippen molar-refractivity contribution in [3.05, 3.63) is 136 Å². The Balaban J connectivity index is 1.63. The first-order chi connectivity index (χ1) is 22.3. The van der Waals surface area contributed by atoms with E-state index in [1.165, 1.54) is 24.3 Å². The third-order valence-corrected chi connectivity index (χ3v) is 7.18. The van der Waals surface area contributed by atoms with Crippen LogP contribution in [0.2, 0.25) is 0 Å². The van der Waals surface area contributed by atoms with E-state index in [1.807, 2.05) is 57.2 Å². The zero-order chi connectivity index (χ0) is 34.3. The van der Waals surface area contributed by atoms with Gasteiger partial charge in [-0.1, -0.05) is 66.6 Å². The Hall–Kier alpha value is -5.57. The molecular formula is C38H38N2O7. The number of ether oxygens (including phenoxy) is 2. The van der Waals surface area contributed by atoms with Gasteiger partial charge in [-0.15, -0.1) is 0 Å². The fourth-order valence-corrected chi connectivity index (χ4v) is 4.90. The van der Waals surface area contributed by atoms with Gasteiger partial charge in [0.1, 0.15) is 12.4 Å². The maximum atomic E-state index is 14.1. The number of carbonyl (C=O) groups is 5. The Morgan fingerprint density at radius 3 is 1.79 bits per heavy atom. The molecule has 0 aliphatic heterocycles. The zero-order valence-electron chi connectivity index (χ0n) is 27.4. The molecule has 47 heavy (non-hydrogen) atoms. The topological polar surface area (TPSA) is 110 Å². The molecule has 4 aromatic carbocycles. The van der Waals surface area contributed by atoms with Gasteiger partial charge in [0.25, 0.3) is 11.8 Å². The first kappa shape index (κ1) is 34.3. The number of hydrogen-bond donors (Lipinski definition) is 0. The van der Waals surface area contributed by atoms with Crippen molar-refractivity contribution in [1.82, 2.24) is 10.0 Å². The van der Waals surface area contributed by atoms with E-state index in [4.69, 9.17) is 9.47 Å². The van der Waals surface area contributed by atoms with E-state index in [1.54, 1.807) is 57.2 Å². The number of amides is 3. The first-order valence-electron chi connectivity index (χ1n) is 15.2. The summed E-state index contributed by atoms with van der Waals surface area (Å²) in [6.45, 7) is 10.7. The second kappa shape index (κ2) is 14.7. The third-order valence-electron chi connectivity index (χ3n) is 7.18. The Kier molecular flexibility index (Phi) is 10.7. The lowest BCUT2D eigenvalue weighted by Crippen LogP contribution is -2.62. The molecule has 0 saturated heterocycles. The van der Waals surface area contributed by atoms with Crippen molar-refractivity contribution in [2.75, 3.05) is 0 Å². The van der Waals surface area contributed by atoms with Gasteiger partial charge in [0.05, 0.1) is 11.1 Å². The largest absolute Gasteiger partial charge is 0.457 e. The van der Waals surface area contributed by atoms with E-state index in [0.717, 1.165) is 33.7 Å². The molecule has 0 radical (unpaired) electrons. The van der Waals surface area contributed by atoms with Gasteiger partial charge in [0.15, 0.2) is 0 Å². The molecule has 0 spiro atoms. The van der Waals surface area contributed by atoms with Gasteiger partial charge in [0, 0.05) is 11.1 Å². The van der Waals surface area contributed by atoms with E-state index in [9.17, 15) is 24.0 Å². The minimum absolute atomic E-state index is 0.0504. The standard InChI is InChI=1S/C38H38N2O7/c1-7-27-13-15-29(16-14-27)33(41)39(40(38(4,5)6)34(42)31-22-25(2)21-26(3)23-31)35(43)37(45)47-32-19-17-30(18-20-32)36(44)46-24-28-11-9-8-10-12-28/h8-23H,7,24H2,1-6H3. The highest BCUT2D eigenvalue weighted by molar-refractivity contribution is 6.37. The number of hydrazine groups is 1. The molecule has 3 amide bonds. The molecule has 4 aromatic rings. The summed E-state index contributed by atoms with van der Waals surface area (Å²) in [6, 6.07) is 26.4. The molecule has 0 N–H and O–H groups in total. The number of aryl methyl sites for hydroxylation is 3. The quantitative estimate of drug-likeness (QED) is 0.0969. The molecule has 0 saturated carbocycles. The summed E-state index contributed by atoms with van der Waals surface area (Å²) in [7, 11) is 0. The lowest BCUT2D eigenvalue weighted by molar-refractivity contribution is -0.161. The van der Waals surface area contributed by atoms with Gasteiger partial charge < -0.3 is 9.47 Å². The number of esters is 2. The van der Waals surface area contributed by atoms with Crippen LogP contribution in [0.5, 0.6) is 5.75 Å². The lowest BCUT2D eigenvalue weighted by Gasteiger charge is -2.41. The molecule has 9 nitrogen and oxygen atoms in total. The molecule has 0 aliphatic rings. The molecule has 4 rings (SSSR count). The second-order valence-corrected chi connectivity index (χ2v) is 12.1. The van der Waals surface area contributed by atoms with Gasteiger partial charge in [-0.2, -0.15) is 5.01 Å². The summed E-state index contributed by atoms with van der Waals surface area (Å²) in [5, 5.41) is 1.55. The summed E-state index contributed by atoms with van der Waals surface area (Å²) in [6.07, 6.45) is 0.728. The molecule has 0 aliphatic carbocycles. The molecule has 0 unspecified atom stereocenters. The van der Waals surface area contributed by atoms with Gasteiger partial charge in [0.2, 0.25) is 0 Å². The summed E-state index contributed by atoms with van der Waals surface area (Å²) in [5.74, 6) is -4.93. The van der Waals surface area contributed by atoms with Crippen LogP contribution in [0.25, 0.3) is 0 Å². The number of carbonyl (C=O) groups excluding carboxylic acids is 5. The molecule has 0 heterocycles. The third kappa shape index (κ3) is 8.58. The van der Waals surface area contributed by atoms with Gasteiger partial charge in [-0.3, -0.25) is 14.4 Å². The smallest absolute Gasteiger partial charge is 0.404 e. The predicted octanol–water partition coefficient (Wildman–Crippen LogP) is 6.65. The van der Waals surface area contributed by atoms with Gasteiger partial charge in [-0.05, 0) is 101 Å². The molecule has 0 fully saturated rings. The highest BCUT2D eigenvalue weighted by Gasteiger charge is 2.43. The van der Waals surface area contributed by atoms with Crippen LogP contribution in [-0.4, -0.2) is 45.2 Å². The average molecular weight is 635 g/mol. The van der Waals surface area contributed by atoms with Crippen LogP contribution < -0.4 is 4.74 Å². The minimum atomic E-state index is -1.40. The van der Waals surface area contributed by atoms with E-state index >= 15 is 0 Å². The monoisotopic (exact) mass is 634 g/mol. The van der Waals surface area contributed by atoms with Gasteiger partial charge >= 0.3 is 17.8 Å². The Morgan fingerprint density at radius 1 is 0.660 bits per heavy atom. The zero-order valence-corrected chi connectivity index (χ0v) is 27.4. The summed E-state index contributed by atoms with van der Waals surface area (Å²) in [4.78, 5) is 67.9. The fourth-order valence-electron chi connectivity index (χ4n) is 4.90. The fraction of sp³-hybridized carbons (Fsp3) is 0.237. The van der Waals surface area contributed by atoms with Crippen molar-refractivity contribution < 1.29 is 33.4 Å². The summed E-state index contributed by atoms with van der Waals surface area (Å²) in [5.41, 5.74) is 2.83. The highest BCUT2D eigenvalue weighted by atomic mass is 16.5. The lowest BCUT2D eigenvalue weighted by atomic mass is 10.0. The first-order valence-corrected chi connectivity index (χ1v) is 15.2. The van der Waals surface area contributed by atoms with Crippen molar-refractivity contribution in [1.29, 1.82) is 0 Å². The predicted molar refractivity (Wildman–Crippen MR) is 176 cm³/mol. The molecule has 0 atom stereocenters. The van der Waals surface area contributed by atoms with Gasteiger partial charge in [-0.25, -0.2) is 14.6 Å². The molecule has 0 aromatic heterocycles. The van der Waals surface area contributed by atoms with Crippen molar-refractivity contribution >= 4 is 29.7 Å². The number of imide groups is 1. The normalized spacial score (nSPS) is 10.9. The van der Waals surface area contributed by atoms with E-state index in [-0.39, 0.29) is 29.0 Å². The molecular weight excluding hydrogens is 596 g/mol. The maximum Gasteiger partial charge on any atom is 0.404 e. The number of nitrogens with zero attached hydrogens (tertiary/aromatic N) is 2. The van der Waals surface area contributed by atoms with E-state index < -0.39 is 35.2 Å². The number of rotatable bonds is 7. The van der Waals surface area contributed by atoms with Crippen molar-refractivity contribution in [2.24, 2.45) is 0 Å². The molecule has 242 valence electrons. The molecule has 9 heteroatoms. The average Bonchev–Trinajstić information content (AvgIpc) is 3.05. The Bertz CT molecular complexity index is 1750. The van der Waals surface area contributed by atoms with E-state index in [2.05, 4.69) is 0 Å². The number of hydrogen-bond acceptors (Lipinski definition) is 7. The minimum Gasteiger partial charge on any atom is -0.457 e. The van der Waals surface area contributed by atoms with Crippen molar-refractivity contribution in [2.45, 2.75) is 60.1 Å². The van der Waals surface area contributed by atoms with Crippen molar-refractivity contribution in [3.63, 3.8) is 0 Å². The van der Waals surface area contributed by atoms with E-state index in [0.29, 0.717) is 5.01 Å². The van der Waals surface area contributed by atoms with Crippen LogP contribution in [0, 0.1) is 13.8 Å². The number of benzene rings is 4. The summed E-state index contributed by atoms with van der Waals surface area (Å²) < 4.78 is 10.7. The highest BCUT2D eigenvalue weighted by Crippen LogP contribution is 2.25. The van der Waals surface area contributed by atoms with Crippen LogP contribution in [0.4, 0.5) is 0 Å².